The van der Waals surface area contributed by atoms with Crippen molar-refractivity contribution in [2.24, 2.45) is 0 Å². The van der Waals surface area contributed by atoms with Crippen LogP contribution in [0.3, 0.4) is 0 Å². The van der Waals surface area contributed by atoms with E-state index in [0.29, 0.717) is 0 Å². The summed E-state index contributed by atoms with van der Waals surface area (Å²) in [6.07, 6.45) is 14.8. The van der Waals surface area contributed by atoms with Gasteiger partial charge in [0, 0.05) is 0 Å². The quantitative estimate of drug-likeness (QED) is 0.575. The molecule has 0 spiro atoms. The van der Waals surface area contributed by atoms with Gasteiger partial charge in [-0.05, 0) is 0 Å². The van der Waals surface area contributed by atoms with E-state index in [1.807, 2.05) is 0 Å². The Hall–Kier alpha value is -0.195. The molecule has 0 radical (unpaired) electrons. The summed E-state index contributed by atoms with van der Waals surface area (Å²) in [5.41, 5.74) is 0. The zero-order chi connectivity index (χ0) is 10.5. The fraction of sp³-hybridized carbons (Fsp3) is 0.857. The average molecular weight is 204 g/mol. The van der Waals surface area contributed by atoms with Crippen LogP contribution in [0.1, 0.15) is 64.2 Å². The van der Waals surface area contributed by atoms with Crippen molar-refractivity contribution in [3.63, 3.8) is 0 Å². The van der Waals surface area contributed by atoms with Crippen molar-refractivity contribution in [1.82, 2.24) is 0 Å². The molecular weight excluding hydrogens is 179 g/mol. The van der Waals surface area contributed by atoms with Crippen LogP contribution in [0.2, 0.25) is 11.6 Å². The molecule has 0 saturated heterocycles. The molecule has 0 aromatic heterocycles. The first kappa shape index (κ1) is 11.3. The standard InChI is InChI=1S/C14H25B/c1-2-15(13-9-5-3-6-10-13)14-11-7-4-8-12-14/h2,13-14H,1,3-12H2. The molecular formula is C14H25B. The second-order valence-electron chi connectivity index (χ2n) is 5.61. The first-order chi connectivity index (χ1) is 7.42. The van der Waals surface area contributed by atoms with Crippen molar-refractivity contribution in [2.45, 2.75) is 75.8 Å². The Morgan fingerprint density at radius 2 is 1.13 bits per heavy atom. The highest BCUT2D eigenvalue weighted by Crippen LogP contribution is 2.41. The number of hydrogen-bond donors (Lipinski definition) is 0. The van der Waals surface area contributed by atoms with Crippen molar-refractivity contribution < 1.29 is 0 Å². The maximum Gasteiger partial charge on any atom is 0.172 e. The van der Waals surface area contributed by atoms with E-state index in [1.54, 1.807) is 0 Å². The summed E-state index contributed by atoms with van der Waals surface area (Å²) >= 11 is 0. The highest BCUT2D eigenvalue weighted by atomic mass is 14.2. The maximum atomic E-state index is 4.11. The minimum absolute atomic E-state index is 0.852. The zero-order valence-electron chi connectivity index (χ0n) is 10.1. The molecule has 1 heteroatoms. The fourth-order valence-electron chi connectivity index (χ4n) is 3.81. The highest BCUT2D eigenvalue weighted by Gasteiger charge is 2.31. The molecule has 0 aromatic carbocycles. The topological polar surface area (TPSA) is 0 Å². The third-order valence-corrected chi connectivity index (χ3v) is 4.66. The van der Waals surface area contributed by atoms with Crippen LogP contribution in [0, 0.1) is 0 Å². The second-order valence-corrected chi connectivity index (χ2v) is 5.61. The predicted molar refractivity (Wildman–Crippen MR) is 69.6 cm³/mol. The Bertz CT molecular complexity index is 170. The van der Waals surface area contributed by atoms with Crippen LogP contribution in [0.15, 0.2) is 12.6 Å². The van der Waals surface area contributed by atoms with E-state index in [4.69, 9.17) is 0 Å². The summed E-state index contributed by atoms with van der Waals surface area (Å²) in [5.74, 6) is 4.27. The molecule has 2 aliphatic rings. The van der Waals surface area contributed by atoms with E-state index in [2.05, 4.69) is 12.6 Å². The summed E-state index contributed by atoms with van der Waals surface area (Å²) < 4.78 is 0. The Labute approximate surface area is 95.6 Å². The Balaban J connectivity index is 1.91. The summed E-state index contributed by atoms with van der Waals surface area (Å²) in [5, 5.41) is 0. The first-order valence-corrected chi connectivity index (χ1v) is 7.04. The van der Waals surface area contributed by atoms with E-state index in [-0.39, 0.29) is 0 Å². The normalized spacial score (nSPS) is 25.1. The van der Waals surface area contributed by atoms with Gasteiger partial charge in [-0.15, -0.1) is 12.6 Å². The average Bonchev–Trinajstić information content (AvgIpc) is 2.33. The van der Waals surface area contributed by atoms with Gasteiger partial charge < -0.3 is 0 Å². The molecule has 2 saturated carbocycles. The Morgan fingerprint density at radius 3 is 1.47 bits per heavy atom. The van der Waals surface area contributed by atoms with Gasteiger partial charge in [0.25, 0.3) is 0 Å². The third-order valence-electron chi connectivity index (χ3n) is 4.66. The van der Waals surface area contributed by atoms with Gasteiger partial charge in [-0.3, -0.25) is 0 Å². The van der Waals surface area contributed by atoms with Crippen LogP contribution in [0.5, 0.6) is 0 Å². The van der Waals surface area contributed by atoms with Gasteiger partial charge >= 0.3 is 0 Å². The lowest BCUT2D eigenvalue weighted by Gasteiger charge is -2.33. The largest absolute Gasteiger partial charge is 0.172 e. The van der Waals surface area contributed by atoms with Crippen molar-refractivity contribution in [3.05, 3.63) is 12.6 Å². The lowest BCUT2D eigenvalue weighted by molar-refractivity contribution is 0.464. The summed E-state index contributed by atoms with van der Waals surface area (Å²) in [6, 6.07) is 0. The molecule has 0 unspecified atom stereocenters. The monoisotopic (exact) mass is 204 g/mol. The maximum absolute atomic E-state index is 4.11. The van der Waals surface area contributed by atoms with Crippen LogP contribution in [-0.2, 0) is 0 Å². The molecule has 0 amide bonds. The van der Waals surface area contributed by atoms with Crippen LogP contribution >= 0.6 is 0 Å². The van der Waals surface area contributed by atoms with E-state index >= 15 is 0 Å². The Kier molecular flexibility index (Phi) is 4.35. The van der Waals surface area contributed by atoms with Gasteiger partial charge in [0.05, 0.1) is 0 Å². The Morgan fingerprint density at radius 1 is 0.733 bits per heavy atom. The van der Waals surface area contributed by atoms with Crippen LogP contribution in [0.25, 0.3) is 0 Å². The molecule has 0 bridgehead atoms. The van der Waals surface area contributed by atoms with E-state index in [9.17, 15) is 0 Å². The molecule has 0 aliphatic heterocycles. The van der Waals surface area contributed by atoms with Crippen molar-refractivity contribution >= 4 is 6.71 Å². The van der Waals surface area contributed by atoms with Crippen LogP contribution < -0.4 is 0 Å². The molecule has 84 valence electrons. The molecule has 2 fully saturated rings. The highest BCUT2D eigenvalue weighted by molar-refractivity contribution is 6.67. The third kappa shape index (κ3) is 2.89. The number of rotatable bonds is 3. The molecule has 0 nitrogen and oxygen atoms in total. The molecule has 2 aliphatic carbocycles. The minimum Gasteiger partial charge on any atom is -0.122 e. The van der Waals surface area contributed by atoms with Crippen molar-refractivity contribution in [3.8, 4) is 0 Å². The molecule has 2 rings (SSSR count). The lowest BCUT2D eigenvalue weighted by Crippen LogP contribution is -2.28. The molecule has 15 heavy (non-hydrogen) atoms. The SMILES string of the molecule is C=CB(C1CCCCC1)C1CCCCC1. The second kappa shape index (κ2) is 5.77. The van der Waals surface area contributed by atoms with Gasteiger partial charge in [-0.1, -0.05) is 75.8 Å². The van der Waals surface area contributed by atoms with Crippen molar-refractivity contribution in [1.29, 1.82) is 0 Å². The lowest BCUT2D eigenvalue weighted by atomic mass is 9.30. The smallest absolute Gasteiger partial charge is 0.122 e. The van der Waals surface area contributed by atoms with E-state index in [1.165, 1.54) is 64.2 Å². The van der Waals surface area contributed by atoms with E-state index < -0.39 is 0 Å². The van der Waals surface area contributed by atoms with Crippen LogP contribution in [-0.4, -0.2) is 6.71 Å². The summed E-state index contributed by atoms with van der Waals surface area (Å²) in [6.45, 7) is 4.96. The number of hydrogen-bond acceptors (Lipinski definition) is 0. The van der Waals surface area contributed by atoms with Gasteiger partial charge in [0.15, 0.2) is 6.71 Å². The van der Waals surface area contributed by atoms with Crippen molar-refractivity contribution in [2.75, 3.05) is 0 Å². The minimum atomic E-state index is 0.852. The first-order valence-electron chi connectivity index (χ1n) is 7.04. The molecule has 0 atom stereocenters. The summed E-state index contributed by atoms with van der Waals surface area (Å²) in [4.78, 5) is 0. The molecule has 0 heterocycles. The van der Waals surface area contributed by atoms with Gasteiger partial charge in [-0.25, -0.2) is 0 Å². The zero-order valence-corrected chi connectivity index (χ0v) is 10.1. The molecule has 0 aromatic rings. The molecule has 0 N–H and O–H groups in total. The predicted octanol–water partition coefficient (Wildman–Crippen LogP) is 4.88. The van der Waals surface area contributed by atoms with Crippen LogP contribution in [0.4, 0.5) is 0 Å². The van der Waals surface area contributed by atoms with E-state index in [0.717, 1.165) is 18.3 Å². The van der Waals surface area contributed by atoms with Gasteiger partial charge in [0.2, 0.25) is 0 Å². The van der Waals surface area contributed by atoms with Gasteiger partial charge in [-0.2, -0.15) is 0 Å². The summed E-state index contributed by atoms with van der Waals surface area (Å²) in [7, 11) is 0. The van der Waals surface area contributed by atoms with Gasteiger partial charge in [0.1, 0.15) is 0 Å². The fourth-order valence-corrected chi connectivity index (χ4v) is 3.81.